The summed E-state index contributed by atoms with van der Waals surface area (Å²) >= 11 is 0. The molecule has 4 heteroatoms. The van der Waals surface area contributed by atoms with Crippen molar-refractivity contribution in [1.29, 1.82) is 0 Å². The first-order valence-corrected chi connectivity index (χ1v) is 6.38. The van der Waals surface area contributed by atoms with Crippen LogP contribution in [-0.2, 0) is 6.42 Å². The number of carbonyl (C=O) groups is 1. The number of aliphatic hydroxyl groups excluding tert-OH is 1. The number of aliphatic hydroxyl groups is 1. The van der Waals surface area contributed by atoms with Gasteiger partial charge < -0.3 is 15.1 Å². The Balaban J connectivity index is 1.81. The lowest BCUT2D eigenvalue weighted by Crippen LogP contribution is -2.37. The van der Waals surface area contributed by atoms with Crippen LogP contribution in [-0.4, -0.2) is 46.8 Å². The van der Waals surface area contributed by atoms with E-state index in [1.807, 2.05) is 12.1 Å². The maximum Gasteiger partial charge on any atom is 0.335 e. The molecule has 1 fully saturated rings. The smallest absolute Gasteiger partial charge is 0.335 e. The van der Waals surface area contributed by atoms with Gasteiger partial charge in [0.05, 0.1) is 11.7 Å². The highest BCUT2D eigenvalue weighted by Crippen LogP contribution is 2.11. The van der Waals surface area contributed by atoms with Gasteiger partial charge in [0.1, 0.15) is 0 Å². The van der Waals surface area contributed by atoms with Gasteiger partial charge in [-0.25, -0.2) is 4.79 Å². The molecule has 1 aliphatic heterocycles. The fraction of sp³-hybridized carbons (Fsp3) is 0.500. The normalized spacial score (nSPS) is 17.8. The van der Waals surface area contributed by atoms with Crippen LogP contribution in [0.4, 0.5) is 0 Å². The molecule has 0 saturated carbocycles. The maximum atomic E-state index is 10.7. The Hall–Kier alpha value is -1.39. The number of hydrogen-bond donors (Lipinski definition) is 2. The minimum absolute atomic E-state index is 0.129. The lowest BCUT2D eigenvalue weighted by atomic mass is 10.1. The molecule has 0 aromatic heterocycles. The largest absolute Gasteiger partial charge is 0.478 e. The highest BCUT2D eigenvalue weighted by molar-refractivity contribution is 5.87. The van der Waals surface area contributed by atoms with E-state index in [1.165, 1.54) is 0 Å². The molecule has 0 spiro atoms. The average molecular weight is 249 g/mol. The molecule has 0 radical (unpaired) electrons. The van der Waals surface area contributed by atoms with Crippen molar-refractivity contribution in [2.24, 2.45) is 0 Å². The highest BCUT2D eigenvalue weighted by atomic mass is 16.4. The van der Waals surface area contributed by atoms with Crippen molar-refractivity contribution in [3.05, 3.63) is 35.4 Å². The van der Waals surface area contributed by atoms with Gasteiger partial charge in [-0.15, -0.1) is 0 Å². The summed E-state index contributed by atoms with van der Waals surface area (Å²) < 4.78 is 0. The summed E-state index contributed by atoms with van der Waals surface area (Å²) in [6.07, 6.45) is 2.52. The van der Waals surface area contributed by atoms with Gasteiger partial charge in [-0.1, -0.05) is 12.1 Å². The van der Waals surface area contributed by atoms with Crippen molar-refractivity contribution in [2.75, 3.05) is 19.6 Å². The maximum absolute atomic E-state index is 10.7. The molecule has 18 heavy (non-hydrogen) atoms. The van der Waals surface area contributed by atoms with Crippen molar-refractivity contribution in [1.82, 2.24) is 4.90 Å². The molecule has 0 amide bonds. The molecule has 1 saturated heterocycles. The zero-order chi connectivity index (χ0) is 13.0. The summed E-state index contributed by atoms with van der Waals surface area (Å²) in [5.74, 6) is -0.883. The quantitative estimate of drug-likeness (QED) is 0.846. The number of likely N-dealkylation sites (tertiary alicyclic amines) is 1. The van der Waals surface area contributed by atoms with Crippen LogP contribution in [0.25, 0.3) is 0 Å². The SMILES string of the molecule is O=C(O)c1ccc(CCN2CCC(O)CC2)cc1. The van der Waals surface area contributed by atoms with Gasteiger partial charge >= 0.3 is 5.97 Å². The summed E-state index contributed by atoms with van der Waals surface area (Å²) in [4.78, 5) is 13.1. The molecule has 98 valence electrons. The summed E-state index contributed by atoms with van der Waals surface area (Å²) in [6.45, 7) is 2.88. The van der Waals surface area contributed by atoms with Gasteiger partial charge in [0, 0.05) is 19.6 Å². The zero-order valence-electron chi connectivity index (χ0n) is 10.4. The van der Waals surface area contributed by atoms with Crippen LogP contribution in [0, 0.1) is 0 Å². The number of carboxylic acids is 1. The van der Waals surface area contributed by atoms with E-state index in [-0.39, 0.29) is 6.10 Å². The van der Waals surface area contributed by atoms with E-state index in [4.69, 9.17) is 5.11 Å². The monoisotopic (exact) mass is 249 g/mol. The summed E-state index contributed by atoms with van der Waals surface area (Å²) in [5, 5.41) is 18.2. The number of carboxylic acid groups (broad SMARTS) is 1. The minimum Gasteiger partial charge on any atom is -0.478 e. The van der Waals surface area contributed by atoms with E-state index in [2.05, 4.69) is 4.90 Å². The molecule has 0 bridgehead atoms. The van der Waals surface area contributed by atoms with Crippen LogP contribution < -0.4 is 0 Å². The van der Waals surface area contributed by atoms with E-state index in [1.54, 1.807) is 12.1 Å². The minimum atomic E-state index is -0.883. The van der Waals surface area contributed by atoms with E-state index < -0.39 is 5.97 Å². The number of piperidine rings is 1. The van der Waals surface area contributed by atoms with E-state index >= 15 is 0 Å². The van der Waals surface area contributed by atoms with Crippen LogP contribution in [0.2, 0.25) is 0 Å². The predicted molar refractivity (Wildman–Crippen MR) is 68.8 cm³/mol. The third-order valence-electron chi connectivity index (χ3n) is 3.47. The molecule has 1 aromatic rings. The summed E-state index contributed by atoms with van der Waals surface area (Å²) in [5.41, 5.74) is 1.49. The Kier molecular flexibility index (Phi) is 4.33. The lowest BCUT2D eigenvalue weighted by Gasteiger charge is -2.29. The Morgan fingerprint density at radius 1 is 1.22 bits per heavy atom. The van der Waals surface area contributed by atoms with Crippen molar-refractivity contribution in [3.8, 4) is 0 Å². The first-order chi connectivity index (χ1) is 8.65. The van der Waals surface area contributed by atoms with E-state index in [0.29, 0.717) is 5.56 Å². The van der Waals surface area contributed by atoms with Gasteiger partial charge in [-0.05, 0) is 37.0 Å². The van der Waals surface area contributed by atoms with Gasteiger partial charge in [-0.2, -0.15) is 0 Å². The third-order valence-corrected chi connectivity index (χ3v) is 3.47. The number of hydrogen-bond acceptors (Lipinski definition) is 3. The van der Waals surface area contributed by atoms with Crippen LogP contribution in [0.5, 0.6) is 0 Å². The Morgan fingerprint density at radius 2 is 1.83 bits per heavy atom. The van der Waals surface area contributed by atoms with Crippen LogP contribution in [0.1, 0.15) is 28.8 Å². The predicted octanol–water partition coefficient (Wildman–Crippen LogP) is 1.38. The summed E-state index contributed by atoms with van der Waals surface area (Å²) in [7, 11) is 0. The Bertz CT molecular complexity index is 394. The molecule has 0 atom stereocenters. The second-order valence-electron chi connectivity index (χ2n) is 4.82. The van der Waals surface area contributed by atoms with Crippen LogP contribution >= 0.6 is 0 Å². The first-order valence-electron chi connectivity index (χ1n) is 6.38. The zero-order valence-corrected chi connectivity index (χ0v) is 10.4. The third kappa shape index (κ3) is 3.55. The molecule has 2 N–H and O–H groups in total. The van der Waals surface area contributed by atoms with Gasteiger partial charge in [0.25, 0.3) is 0 Å². The number of aromatic carboxylic acids is 1. The first kappa shape index (κ1) is 13.1. The lowest BCUT2D eigenvalue weighted by molar-refractivity contribution is 0.0697. The molecule has 1 aromatic carbocycles. The molecule has 2 rings (SSSR count). The molecular formula is C14H19NO3. The fourth-order valence-corrected chi connectivity index (χ4v) is 2.24. The topological polar surface area (TPSA) is 60.8 Å². The van der Waals surface area contributed by atoms with Crippen LogP contribution in [0.3, 0.4) is 0 Å². The van der Waals surface area contributed by atoms with Gasteiger partial charge in [0.15, 0.2) is 0 Å². The number of benzene rings is 1. The molecule has 4 nitrogen and oxygen atoms in total. The molecule has 1 aliphatic rings. The summed E-state index contributed by atoms with van der Waals surface area (Å²) in [6, 6.07) is 7.06. The van der Waals surface area contributed by atoms with Gasteiger partial charge in [0.2, 0.25) is 0 Å². The Morgan fingerprint density at radius 3 is 2.39 bits per heavy atom. The van der Waals surface area contributed by atoms with Crippen molar-refractivity contribution >= 4 is 5.97 Å². The second-order valence-corrected chi connectivity index (χ2v) is 4.82. The van der Waals surface area contributed by atoms with Crippen LogP contribution in [0.15, 0.2) is 24.3 Å². The number of rotatable bonds is 4. The molecular weight excluding hydrogens is 230 g/mol. The fourth-order valence-electron chi connectivity index (χ4n) is 2.24. The molecule has 0 aliphatic carbocycles. The van der Waals surface area contributed by atoms with Crippen molar-refractivity contribution in [2.45, 2.75) is 25.4 Å². The number of nitrogens with zero attached hydrogens (tertiary/aromatic N) is 1. The van der Waals surface area contributed by atoms with E-state index in [0.717, 1.165) is 44.5 Å². The van der Waals surface area contributed by atoms with Crippen molar-refractivity contribution < 1.29 is 15.0 Å². The molecule has 0 unspecified atom stereocenters. The van der Waals surface area contributed by atoms with Crippen molar-refractivity contribution in [3.63, 3.8) is 0 Å². The second kappa shape index (κ2) is 5.98. The average Bonchev–Trinajstić information content (AvgIpc) is 2.38. The molecule has 1 heterocycles. The van der Waals surface area contributed by atoms with Gasteiger partial charge in [-0.3, -0.25) is 0 Å². The van der Waals surface area contributed by atoms with E-state index in [9.17, 15) is 9.90 Å². The Labute approximate surface area is 107 Å². The standard InChI is InChI=1S/C14H19NO3/c16-13-6-9-15(10-7-13)8-5-11-1-3-12(4-2-11)14(17)18/h1-4,13,16H,5-10H2,(H,17,18). The highest BCUT2D eigenvalue weighted by Gasteiger charge is 2.16.